The van der Waals surface area contributed by atoms with Gasteiger partial charge in [0.1, 0.15) is 11.2 Å². The molecule has 1 aliphatic carbocycles. The summed E-state index contributed by atoms with van der Waals surface area (Å²) in [6.07, 6.45) is 0. The van der Waals surface area contributed by atoms with Gasteiger partial charge in [-0.1, -0.05) is 109 Å². The van der Waals surface area contributed by atoms with Crippen molar-refractivity contribution in [2.24, 2.45) is 0 Å². The van der Waals surface area contributed by atoms with Crippen molar-refractivity contribution in [2.45, 2.75) is 0 Å². The molecule has 10 rings (SSSR count). The highest BCUT2D eigenvalue weighted by molar-refractivity contribution is 6.28. The Morgan fingerprint density at radius 2 is 1.00 bits per heavy atom. The summed E-state index contributed by atoms with van der Waals surface area (Å²) in [5.74, 6) is 1.91. The lowest BCUT2D eigenvalue weighted by Crippen LogP contribution is -2.00. The van der Waals surface area contributed by atoms with Crippen LogP contribution in [0.1, 0.15) is 0 Å². The fourth-order valence-electron chi connectivity index (χ4n) is 6.96. The normalized spacial score (nSPS) is 12.0. The van der Waals surface area contributed by atoms with E-state index < -0.39 is 0 Å². The summed E-state index contributed by atoms with van der Waals surface area (Å²) in [7, 11) is 0. The van der Waals surface area contributed by atoms with E-state index in [0.717, 1.165) is 44.0 Å². The third-order valence-electron chi connectivity index (χ3n) is 9.03. The minimum absolute atomic E-state index is 0.626. The SMILES string of the molecule is c1ccc(-c2nc(-c3ccc4ccccc4c3)nc(-c3ccc4oc5cc6c7c(cccc7c5c4c3)-c3ccccc3-6)n2)cc1. The van der Waals surface area contributed by atoms with Gasteiger partial charge >= 0.3 is 0 Å². The van der Waals surface area contributed by atoms with Gasteiger partial charge in [-0.15, -0.1) is 0 Å². The van der Waals surface area contributed by atoms with E-state index in [1.165, 1.54) is 38.4 Å². The predicted molar refractivity (Wildman–Crippen MR) is 183 cm³/mol. The highest BCUT2D eigenvalue weighted by Gasteiger charge is 2.24. The number of benzene rings is 7. The molecule has 208 valence electrons. The Hall–Kier alpha value is -6.13. The van der Waals surface area contributed by atoms with Crippen molar-refractivity contribution >= 4 is 43.5 Å². The molecule has 45 heavy (non-hydrogen) atoms. The van der Waals surface area contributed by atoms with Crippen LogP contribution in [0.25, 0.3) is 99.9 Å². The maximum Gasteiger partial charge on any atom is 0.164 e. The van der Waals surface area contributed by atoms with E-state index in [9.17, 15) is 0 Å². The van der Waals surface area contributed by atoms with Gasteiger partial charge in [-0.2, -0.15) is 0 Å². The van der Waals surface area contributed by atoms with E-state index in [-0.39, 0.29) is 0 Å². The van der Waals surface area contributed by atoms with Crippen LogP contribution in [0.15, 0.2) is 144 Å². The van der Waals surface area contributed by atoms with Gasteiger partial charge in [0.2, 0.25) is 0 Å². The van der Waals surface area contributed by atoms with E-state index in [0.29, 0.717) is 17.5 Å². The van der Waals surface area contributed by atoms with Gasteiger partial charge in [0.15, 0.2) is 17.5 Å². The van der Waals surface area contributed by atoms with Crippen LogP contribution < -0.4 is 0 Å². The van der Waals surface area contributed by atoms with Crippen LogP contribution in [0, 0.1) is 0 Å². The minimum Gasteiger partial charge on any atom is -0.456 e. The maximum absolute atomic E-state index is 6.51. The topological polar surface area (TPSA) is 51.8 Å². The van der Waals surface area contributed by atoms with Crippen molar-refractivity contribution in [2.75, 3.05) is 0 Å². The molecule has 0 unspecified atom stereocenters. The molecule has 0 fully saturated rings. The smallest absolute Gasteiger partial charge is 0.164 e. The Bertz CT molecular complexity index is 2650. The maximum atomic E-state index is 6.51. The molecule has 0 aliphatic heterocycles. The van der Waals surface area contributed by atoms with Crippen LogP contribution >= 0.6 is 0 Å². The summed E-state index contributed by atoms with van der Waals surface area (Å²) in [5, 5.41) is 6.98. The first kappa shape index (κ1) is 24.3. The molecule has 0 bridgehead atoms. The van der Waals surface area contributed by atoms with E-state index in [4.69, 9.17) is 19.4 Å². The molecule has 4 nitrogen and oxygen atoms in total. The van der Waals surface area contributed by atoms with Gasteiger partial charge in [-0.25, -0.2) is 15.0 Å². The van der Waals surface area contributed by atoms with Gasteiger partial charge in [0.25, 0.3) is 0 Å². The summed E-state index contributed by atoms with van der Waals surface area (Å²) in [6.45, 7) is 0. The van der Waals surface area contributed by atoms with E-state index >= 15 is 0 Å². The Morgan fingerprint density at radius 1 is 0.356 bits per heavy atom. The molecule has 0 spiro atoms. The second kappa shape index (κ2) is 9.18. The second-order valence-corrected chi connectivity index (χ2v) is 11.6. The molecular weight excluding hydrogens is 550 g/mol. The average Bonchev–Trinajstić information content (AvgIpc) is 3.64. The zero-order chi connectivity index (χ0) is 29.5. The van der Waals surface area contributed by atoms with Gasteiger partial charge in [-0.05, 0) is 74.1 Å². The van der Waals surface area contributed by atoms with Crippen molar-refractivity contribution < 1.29 is 4.42 Å². The van der Waals surface area contributed by atoms with Crippen LogP contribution in [-0.4, -0.2) is 15.0 Å². The molecule has 0 N–H and O–H groups in total. The standard InChI is InChI=1S/C41H23N3O/c1-2-10-25(11-3-1)39-42-40(27-18-17-24-9-4-5-12-26(24)21-27)44-41(43-39)28-19-20-35-34(22-28)38-32-16-8-15-31-29-13-6-7-14-30(29)33(37(31)32)23-36(38)45-35/h1-23H. The zero-order valence-electron chi connectivity index (χ0n) is 24.0. The lowest BCUT2D eigenvalue weighted by atomic mass is 9.98. The summed E-state index contributed by atoms with van der Waals surface area (Å²) >= 11 is 0. The van der Waals surface area contributed by atoms with E-state index in [1.807, 2.05) is 36.4 Å². The molecule has 0 saturated heterocycles. The molecule has 7 aromatic carbocycles. The van der Waals surface area contributed by atoms with Crippen molar-refractivity contribution in [3.8, 4) is 56.4 Å². The first-order valence-electron chi connectivity index (χ1n) is 15.1. The number of hydrogen-bond donors (Lipinski definition) is 0. The first-order valence-corrected chi connectivity index (χ1v) is 15.1. The van der Waals surface area contributed by atoms with Gasteiger partial charge in [0, 0.05) is 27.5 Å². The van der Waals surface area contributed by atoms with Gasteiger partial charge in [-0.3, -0.25) is 0 Å². The highest BCUT2D eigenvalue weighted by atomic mass is 16.3. The average molecular weight is 574 g/mol. The third kappa shape index (κ3) is 3.63. The van der Waals surface area contributed by atoms with E-state index in [1.54, 1.807) is 0 Å². The van der Waals surface area contributed by atoms with Crippen molar-refractivity contribution in [1.29, 1.82) is 0 Å². The Morgan fingerprint density at radius 3 is 1.82 bits per heavy atom. The third-order valence-corrected chi connectivity index (χ3v) is 9.03. The summed E-state index contributed by atoms with van der Waals surface area (Å²) in [4.78, 5) is 15.0. The van der Waals surface area contributed by atoms with Crippen LogP contribution in [0.4, 0.5) is 0 Å². The summed E-state index contributed by atoms with van der Waals surface area (Å²) in [6, 6.07) is 48.5. The lowest BCUT2D eigenvalue weighted by Gasteiger charge is -2.09. The monoisotopic (exact) mass is 573 g/mol. The molecule has 2 heterocycles. The quantitative estimate of drug-likeness (QED) is 0.211. The summed E-state index contributed by atoms with van der Waals surface area (Å²) < 4.78 is 6.51. The fraction of sp³-hybridized carbons (Fsp3) is 0. The largest absolute Gasteiger partial charge is 0.456 e. The number of nitrogens with zero attached hydrogens (tertiary/aromatic N) is 3. The molecule has 0 atom stereocenters. The van der Waals surface area contributed by atoms with Crippen molar-refractivity contribution in [3.05, 3.63) is 140 Å². The van der Waals surface area contributed by atoms with Crippen LogP contribution in [-0.2, 0) is 0 Å². The van der Waals surface area contributed by atoms with Crippen LogP contribution in [0.2, 0.25) is 0 Å². The molecule has 0 radical (unpaired) electrons. The van der Waals surface area contributed by atoms with Crippen LogP contribution in [0.5, 0.6) is 0 Å². The Balaban J connectivity index is 1.21. The minimum atomic E-state index is 0.626. The van der Waals surface area contributed by atoms with Crippen LogP contribution in [0.3, 0.4) is 0 Å². The molecule has 9 aromatic rings. The number of hydrogen-bond acceptors (Lipinski definition) is 4. The van der Waals surface area contributed by atoms with Gasteiger partial charge < -0.3 is 4.42 Å². The Kier molecular flexibility index (Phi) is 4.96. The highest BCUT2D eigenvalue weighted by Crippen LogP contribution is 2.50. The van der Waals surface area contributed by atoms with Gasteiger partial charge in [0.05, 0.1) is 0 Å². The summed E-state index contributed by atoms with van der Waals surface area (Å²) in [5.41, 5.74) is 9.58. The molecule has 1 aliphatic rings. The van der Waals surface area contributed by atoms with Crippen molar-refractivity contribution in [3.63, 3.8) is 0 Å². The molecular formula is C41H23N3O. The number of rotatable bonds is 3. The molecule has 2 aromatic heterocycles. The zero-order valence-corrected chi connectivity index (χ0v) is 24.0. The van der Waals surface area contributed by atoms with Crippen molar-refractivity contribution in [1.82, 2.24) is 15.0 Å². The number of furan rings is 1. The first-order chi connectivity index (χ1) is 22.3. The molecule has 0 amide bonds. The molecule has 4 heteroatoms. The number of fused-ring (bicyclic) bond motifs is 8. The number of aromatic nitrogens is 3. The predicted octanol–water partition coefficient (Wildman–Crippen LogP) is 10.7. The van der Waals surface area contributed by atoms with E-state index in [2.05, 4.69) is 103 Å². The fourth-order valence-corrected chi connectivity index (χ4v) is 6.96. The lowest BCUT2D eigenvalue weighted by molar-refractivity contribution is 0.669. The second-order valence-electron chi connectivity index (χ2n) is 11.6. The molecule has 0 saturated carbocycles. The Labute approximate surface area is 258 Å².